The van der Waals surface area contributed by atoms with Crippen molar-refractivity contribution in [2.24, 2.45) is 11.0 Å². The minimum atomic E-state index is -0.466. The fourth-order valence-electron chi connectivity index (χ4n) is 1.95. The molecule has 0 aromatic heterocycles. The molecule has 1 saturated carbocycles. The van der Waals surface area contributed by atoms with Crippen LogP contribution in [0.25, 0.3) is 10.4 Å². The van der Waals surface area contributed by atoms with Gasteiger partial charge in [0.25, 0.3) is 0 Å². The van der Waals surface area contributed by atoms with Crippen LogP contribution in [-0.2, 0) is 14.3 Å². The Kier molecular flexibility index (Phi) is 8.87. The lowest BCUT2D eigenvalue weighted by atomic mass is 10.1. The molecule has 1 unspecified atom stereocenters. The van der Waals surface area contributed by atoms with Crippen molar-refractivity contribution in [3.63, 3.8) is 0 Å². The molecule has 0 aromatic carbocycles. The van der Waals surface area contributed by atoms with Gasteiger partial charge in [-0.2, -0.15) is 0 Å². The number of carbonyl (C=O) groups excluding carboxylic acids is 1. The van der Waals surface area contributed by atoms with E-state index in [4.69, 9.17) is 15.0 Å². The van der Waals surface area contributed by atoms with Crippen molar-refractivity contribution < 1.29 is 14.3 Å². The monoisotopic (exact) mass is 322 g/mol. The predicted molar refractivity (Wildman–Crippen MR) is 88.4 cm³/mol. The molecule has 1 aliphatic carbocycles. The summed E-state index contributed by atoms with van der Waals surface area (Å²) in [7, 11) is 1.63. The van der Waals surface area contributed by atoms with Gasteiger partial charge in [-0.25, -0.2) is 0 Å². The molecule has 7 nitrogen and oxygen atoms in total. The highest BCUT2D eigenvalue weighted by Gasteiger charge is 2.20. The third-order valence-electron chi connectivity index (χ3n) is 3.36. The first-order valence-electron chi connectivity index (χ1n) is 7.93. The Balaban J connectivity index is 2.33. The highest BCUT2D eigenvalue weighted by atomic mass is 16.5. The molecule has 0 aliphatic heterocycles. The van der Waals surface area contributed by atoms with Gasteiger partial charge >= 0.3 is 0 Å². The molecule has 0 heterocycles. The number of ether oxygens (including phenoxy) is 2. The van der Waals surface area contributed by atoms with Crippen molar-refractivity contribution in [2.75, 3.05) is 20.3 Å². The summed E-state index contributed by atoms with van der Waals surface area (Å²) in [6.07, 6.45) is 7.16. The topological polar surface area (TPSA) is 96.3 Å². The molecule has 0 bridgehead atoms. The van der Waals surface area contributed by atoms with Crippen LogP contribution in [0.3, 0.4) is 0 Å². The number of methoxy groups -OCH3 is 1. The summed E-state index contributed by atoms with van der Waals surface area (Å²) in [5, 5.41) is 6.49. The first-order valence-corrected chi connectivity index (χ1v) is 7.93. The molecule has 1 atom stereocenters. The van der Waals surface area contributed by atoms with E-state index in [2.05, 4.69) is 28.3 Å². The number of nitrogens with zero attached hydrogens (tertiary/aromatic N) is 3. The van der Waals surface area contributed by atoms with E-state index in [1.54, 1.807) is 7.11 Å². The van der Waals surface area contributed by atoms with E-state index in [0.29, 0.717) is 25.0 Å². The number of carbonyl (C=O) groups is 1. The Morgan fingerprint density at radius 2 is 2.26 bits per heavy atom. The van der Waals surface area contributed by atoms with Gasteiger partial charge in [0.15, 0.2) is 0 Å². The first kappa shape index (κ1) is 19.1. The maximum absolute atomic E-state index is 11.0. The molecular formula is C16H26N4O3. The third kappa shape index (κ3) is 9.60. The first-order chi connectivity index (χ1) is 11.0. The number of nitrogens with one attached hydrogen (secondary N) is 1. The summed E-state index contributed by atoms with van der Waals surface area (Å²) in [5.74, 6) is 1.39. The van der Waals surface area contributed by atoms with E-state index >= 15 is 0 Å². The molecule has 0 spiro atoms. The molecular weight excluding hydrogens is 296 g/mol. The van der Waals surface area contributed by atoms with Gasteiger partial charge in [0.1, 0.15) is 5.76 Å². The minimum Gasteiger partial charge on any atom is -0.498 e. The van der Waals surface area contributed by atoms with E-state index in [1.165, 1.54) is 12.8 Å². The highest BCUT2D eigenvalue weighted by Crippen LogP contribution is 2.19. The molecule has 0 radical (unpaired) electrons. The maximum atomic E-state index is 11.0. The molecule has 0 saturated heterocycles. The SMILES string of the molecule is COC(/C=C(\C)OCCCC(=O)N=[N+]=[N-])=C/C(C)CNC1CC1. The van der Waals surface area contributed by atoms with Crippen LogP contribution in [0.1, 0.15) is 39.5 Å². The fourth-order valence-corrected chi connectivity index (χ4v) is 1.95. The van der Waals surface area contributed by atoms with Crippen molar-refractivity contribution in [2.45, 2.75) is 45.6 Å². The molecule has 1 rings (SSSR count). The molecule has 128 valence electrons. The molecule has 1 fully saturated rings. The van der Waals surface area contributed by atoms with Gasteiger partial charge < -0.3 is 14.8 Å². The zero-order chi connectivity index (χ0) is 17.1. The average Bonchev–Trinajstić information content (AvgIpc) is 3.33. The van der Waals surface area contributed by atoms with E-state index < -0.39 is 5.91 Å². The minimum absolute atomic E-state index is 0.189. The van der Waals surface area contributed by atoms with Crippen LogP contribution in [0.4, 0.5) is 0 Å². The number of allylic oxidation sites excluding steroid dienone is 2. The molecule has 23 heavy (non-hydrogen) atoms. The highest BCUT2D eigenvalue weighted by molar-refractivity contribution is 5.76. The quantitative estimate of drug-likeness (QED) is 0.157. The number of rotatable bonds is 11. The lowest BCUT2D eigenvalue weighted by Gasteiger charge is -2.11. The summed E-state index contributed by atoms with van der Waals surface area (Å²) < 4.78 is 10.9. The number of azide groups is 1. The Bertz CT molecular complexity index is 492. The summed E-state index contributed by atoms with van der Waals surface area (Å²) in [6.45, 7) is 5.31. The van der Waals surface area contributed by atoms with Crippen LogP contribution in [0, 0.1) is 5.92 Å². The number of hydrogen-bond donors (Lipinski definition) is 1. The average molecular weight is 322 g/mol. The zero-order valence-corrected chi connectivity index (χ0v) is 14.1. The van der Waals surface area contributed by atoms with E-state index in [1.807, 2.05) is 13.0 Å². The van der Waals surface area contributed by atoms with Gasteiger partial charge in [-0.05, 0) is 48.8 Å². The van der Waals surface area contributed by atoms with Crippen LogP contribution in [0.5, 0.6) is 0 Å². The number of hydrogen-bond acceptors (Lipinski definition) is 4. The van der Waals surface area contributed by atoms with Gasteiger partial charge in [-0.15, -0.1) is 0 Å². The second-order valence-electron chi connectivity index (χ2n) is 5.72. The summed E-state index contributed by atoms with van der Waals surface area (Å²) >= 11 is 0. The van der Waals surface area contributed by atoms with E-state index in [9.17, 15) is 4.79 Å². The Morgan fingerprint density at radius 3 is 2.87 bits per heavy atom. The summed E-state index contributed by atoms with van der Waals surface area (Å²) in [5.41, 5.74) is 8.12. The predicted octanol–water partition coefficient (Wildman–Crippen LogP) is 3.44. The van der Waals surface area contributed by atoms with Gasteiger partial charge in [-0.1, -0.05) is 6.92 Å². The van der Waals surface area contributed by atoms with Crippen molar-refractivity contribution in [3.05, 3.63) is 34.1 Å². The lowest BCUT2D eigenvalue weighted by molar-refractivity contribution is -0.118. The molecule has 1 aliphatic rings. The van der Waals surface area contributed by atoms with Crippen molar-refractivity contribution in [1.82, 2.24) is 5.32 Å². The molecule has 1 N–H and O–H groups in total. The largest absolute Gasteiger partial charge is 0.498 e. The normalized spacial score (nSPS) is 16.5. The smallest absolute Gasteiger partial charge is 0.219 e. The second kappa shape index (κ2) is 10.7. The zero-order valence-electron chi connectivity index (χ0n) is 14.1. The van der Waals surface area contributed by atoms with Crippen molar-refractivity contribution >= 4 is 5.91 Å². The maximum Gasteiger partial charge on any atom is 0.219 e. The Labute approximate surface area is 137 Å². The third-order valence-corrected chi connectivity index (χ3v) is 3.36. The van der Waals surface area contributed by atoms with Crippen LogP contribution in [-0.4, -0.2) is 32.2 Å². The summed E-state index contributed by atoms with van der Waals surface area (Å²) in [6, 6.07) is 0.700. The van der Waals surface area contributed by atoms with Crippen molar-refractivity contribution in [1.29, 1.82) is 0 Å². The van der Waals surface area contributed by atoms with E-state index in [0.717, 1.165) is 18.1 Å². The molecule has 7 heteroatoms. The van der Waals surface area contributed by atoms with Gasteiger partial charge in [0, 0.05) is 30.0 Å². The van der Waals surface area contributed by atoms with Gasteiger partial charge in [0.2, 0.25) is 5.91 Å². The lowest BCUT2D eigenvalue weighted by Crippen LogP contribution is -2.22. The standard InChI is InChI=1S/C16H26N4O3/c1-12(11-18-14-6-7-14)9-15(22-3)10-13(2)23-8-4-5-16(21)19-20-17/h9-10,12,14,18H,4-8,11H2,1-3H3/b13-10+,15-9+. The van der Waals surface area contributed by atoms with Gasteiger partial charge in [-0.3, -0.25) is 4.79 Å². The molecule has 1 amide bonds. The van der Waals surface area contributed by atoms with E-state index in [-0.39, 0.29) is 6.42 Å². The van der Waals surface area contributed by atoms with Crippen LogP contribution in [0.2, 0.25) is 0 Å². The summed E-state index contributed by atoms with van der Waals surface area (Å²) in [4.78, 5) is 13.5. The molecule has 0 aromatic rings. The Morgan fingerprint density at radius 1 is 1.52 bits per heavy atom. The van der Waals surface area contributed by atoms with Crippen LogP contribution >= 0.6 is 0 Å². The van der Waals surface area contributed by atoms with Crippen molar-refractivity contribution in [3.8, 4) is 0 Å². The Hall–Kier alpha value is -1.98. The fraction of sp³-hybridized carbons (Fsp3) is 0.688. The number of amides is 1. The van der Waals surface area contributed by atoms with Gasteiger partial charge in [0.05, 0.1) is 19.5 Å². The second-order valence-corrected chi connectivity index (χ2v) is 5.72. The van der Waals surface area contributed by atoms with Crippen LogP contribution in [0.15, 0.2) is 28.8 Å². The van der Waals surface area contributed by atoms with Crippen LogP contribution < -0.4 is 5.32 Å².